The van der Waals surface area contributed by atoms with Gasteiger partial charge in [-0.25, -0.2) is 4.98 Å². The van der Waals surface area contributed by atoms with Crippen molar-refractivity contribution in [1.82, 2.24) is 14.9 Å². The minimum Gasteiger partial charge on any atom is -0.451 e. The smallest absolute Gasteiger partial charge is 0.289 e. The molecule has 4 aromatic rings. The van der Waals surface area contributed by atoms with Crippen LogP contribution in [0.4, 0.5) is 5.69 Å². The lowest BCUT2D eigenvalue weighted by atomic mass is 10.1. The van der Waals surface area contributed by atoms with Gasteiger partial charge < -0.3 is 14.6 Å². The summed E-state index contributed by atoms with van der Waals surface area (Å²) in [4.78, 5) is 36.2. The predicted octanol–water partition coefficient (Wildman–Crippen LogP) is 3.74. The Kier molecular flexibility index (Phi) is 4.33. The van der Waals surface area contributed by atoms with Crippen LogP contribution in [-0.4, -0.2) is 33.2 Å². The number of anilines is 1. The molecule has 0 aliphatic carbocycles. The van der Waals surface area contributed by atoms with Gasteiger partial charge in [0.15, 0.2) is 5.76 Å². The molecule has 7 nitrogen and oxygen atoms in total. The average molecular weight is 404 g/mol. The maximum Gasteiger partial charge on any atom is 0.289 e. The molecule has 1 N–H and O–H groups in total. The number of benzene rings is 1. The van der Waals surface area contributed by atoms with E-state index in [9.17, 15) is 9.59 Å². The maximum atomic E-state index is 12.9. The number of carbonyl (C=O) groups is 2. The molecule has 1 aliphatic rings. The molecule has 0 atom stereocenters. The number of thiophene rings is 1. The summed E-state index contributed by atoms with van der Waals surface area (Å²) in [6.45, 7) is 1.29. The second-order valence-electron chi connectivity index (χ2n) is 6.75. The van der Waals surface area contributed by atoms with Gasteiger partial charge in [-0.2, -0.15) is 0 Å². The van der Waals surface area contributed by atoms with Gasteiger partial charge in [-0.05, 0) is 47.7 Å². The second-order valence-corrected chi connectivity index (χ2v) is 7.75. The first-order valence-corrected chi connectivity index (χ1v) is 10.0. The molecule has 29 heavy (non-hydrogen) atoms. The number of rotatable bonds is 3. The third kappa shape index (κ3) is 3.38. The Morgan fingerprint density at radius 1 is 1.17 bits per heavy atom. The summed E-state index contributed by atoms with van der Waals surface area (Å²) in [5.74, 6) is -0.170. The maximum absolute atomic E-state index is 12.9. The van der Waals surface area contributed by atoms with E-state index >= 15 is 0 Å². The summed E-state index contributed by atoms with van der Waals surface area (Å²) in [7, 11) is 0. The molecule has 1 aromatic carbocycles. The van der Waals surface area contributed by atoms with Crippen molar-refractivity contribution in [3.05, 3.63) is 76.2 Å². The van der Waals surface area contributed by atoms with Crippen LogP contribution in [-0.2, 0) is 13.0 Å². The summed E-state index contributed by atoms with van der Waals surface area (Å²) in [6.07, 6.45) is 5.25. The van der Waals surface area contributed by atoms with Crippen LogP contribution < -0.4 is 5.32 Å². The van der Waals surface area contributed by atoms with Gasteiger partial charge in [-0.1, -0.05) is 0 Å². The normalized spacial score (nSPS) is 13.3. The van der Waals surface area contributed by atoms with Crippen molar-refractivity contribution in [2.75, 3.05) is 11.9 Å². The molecule has 0 saturated heterocycles. The van der Waals surface area contributed by atoms with Crippen molar-refractivity contribution >= 4 is 39.8 Å². The topological polar surface area (TPSA) is 88.3 Å². The number of nitrogens with one attached hydrogen (secondary N) is 1. The molecule has 0 saturated carbocycles. The van der Waals surface area contributed by atoms with Gasteiger partial charge in [0.05, 0.1) is 6.20 Å². The van der Waals surface area contributed by atoms with Gasteiger partial charge in [0, 0.05) is 41.4 Å². The van der Waals surface area contributed by atoms with Crippen LogP contribution >= 0.6 is 11.3 Å². The van der Waals surface area contributed by atoms with E-state index in [1.807, 2.05) is 4.90 Å². The largest absolute Gasteiger partial charge is 0.451 e. The van der Waals surface area contributed by atoms with E-state index in [1.54, 1.807) is 35.6 Å². The highest BCUT2D eigenvalue weighted by Crippen LogP contribution is 2.28. The first-order chi connectivity index (χ1) is 14.2. The molecule has 8 heteroatoms. The lowest BCUT2D eigenvalue weighted by Gasteiger charge is -2.26. The number of furan rings is 1. The van der Waals surface area contributed by atoms with Crippen LogP contribution in [0.1, 0.15) is 31.5 Å². The molecule has 2 amide bonds. The standard InChI is InChI=1S/C21H16N4O3S/c26-20(16-11-22-5-6-23-16)24-15-1-2-17-14(9-15)10-18(28-17)21(27)25-7-3-19-13(12-25)4-8-29-19/h1-2,4-6,8-11H,3,7,12H2,(H,24,26). The first-order valence-electron chi connectivity index (χ1n) is 9.13. The number of carbonyl (C=O) groups excluding carboxylic acids is 2. The van der Waals surface area contributed by atoms with Crippen LogP contribution in [0.3, 0.4) is 0 Å². The number of hydrogen-bond acceptors (Lipinski definition) is 6. The molecular formula is C21H16N4O3S. The summed E-state index contributed by atoms with van der Waals surface area (Å²) < 4.78 is 5.77. The molecule has 3 aromatic heterocycles. The van der Waals surface area contributed by atoms with Crippen LogP contribution in [0.15, 0.2) is 58.7 Å². The van der Waals surface area contributed by atoms with Crippen LogP contribution in [0.5, 0.6) is 0 Å². The highest BCUT2D eigenvalue weighted by Gasteiger charge is 2.25. The quantitative estimate of drug-likeness (QED) is 0.562. The van der Waals surface area contributed by atoms with Crippen molar-refractivity contribution in [2.45, 2.75) is 13.0 Å². The Morgan fingerprint density at radius 3 is 2.97 bits per heavy atom. The minimum absolute atomic E-state index is 0.122. The Bertz CT molecular complexity index is 1220. The van der Waals surface area contributed by atoms with Gasteiger partial charge in [-0.15, -0.1) is 11.3 Å². The zero-order chi connectivity index (χ0) is 19.8. The Hall–Kier alpha value is -3.52. The average Bonchev–Trinajstić information content (AvgIpc) is 3.39. The molecule has 0 fully saturated rings. The predicted molar refractivity (Wildman–Crippen MR) is 109 cm³/mol. The number of aromatic nitrogens is 2. The zero-order valence-electron chi connectivity index (χ0n) is 15.3. The summed E-state index contributed by atoms with van der Waals surface area (Å²) in [5.41, 5.74) is 2.63. The van der Waals surface area contributed by atoms with E-state index in [0.717, 1.165) is 11.8 Å². The summed E-state index contributed by atoms with van der Waals surface area (Å²) in [6, 6.07) is 9.04. The van der Waals surface area contributed by atoms with Crippen molar-refractivity contribution in [2.24, 2.45) is 0 Å². The number of fused-ring (bicyclic) bond motifs is 2. The highest BCUT2D eigenvalue weighted by atomic mass is 32.1. The van der Waals surface area contributed by atoms with Crippen LogP contribution in [0.25, 0.3) is 11.0 Å². The number of amides is 2. The monoisotopic (exact) mass is 404 g/mol. The fourth-order valence-corrected chi connectivity index (χ4v) is 4.31. The van der Waals surface area contributed by atoms with E-state index in [2.05, 4.69) is 26.7 Å². The van der Waals surface area contributed by atoms with Crippen LogP contribution in [0.2, 0.25) is 0 Å². The number of hydrogen-bond donors (Lipinski definition) is 1. The van der Waals surface area contributed by atoms with E-state index in [0.29, 0.717) is 30.1 Å². The van der Waals surface area contributed by atoms with E-state index < -0.39 is 0 Å². The third-order valence-corrected chi connectivity index (χ3v) is 5.90. The summed E-state index contributed by atoms with van der Waals surface area (Å²) in [5, 5.41) is 5.60. The molecule has 144 valence electrons. The molecule has 0 bridgehead atoms. The molecular weight excluding hydrogens is 388 g/mol. The van der Waals surface area contributed by atoms with Crippen molar-refractivity contribution in [3.63, 3.8) is 0 Å². The number of nitrogens with zero attached hydrogens (tertiary/aromatic N) is 3. The molecule has 1 aliphatic heterocycles. The molecule has 4 heterocycles. The highest BCUT2D eigenvalue weighted by molar-refractivity contribution is 7.10. The van der Waals surface area contributed by atoms with E-state index in [-0.39, 0.29) is 17.5 Å². The summed E-state index contributed by atoms with van der Waals surface area (Å²) >= 11 is 1.74. The fraction of sp³-hybridized carbons (Fsp3) is 0.143. The van der Waals surface area contributed by atoms with Crippen molar-refractivity contribution < 1.29 is 14.0 Å². The Balaban J connectivity index is 1.35. The lowest BCUT2D eigenvalue weighted by Crippen LogP contribution is -2.35. The minimum atomic E-state index is -0.350. The SMILES string of the molecule is O=C(Nc1ccc2oc(C(=O)N3CCc4sccc4C3)cc2c1)c1cnccn1. The lowest BCUT2D eigenvalue weighted by molar-refractivity contribution is 0.0706. The fourth-order valence-electron chi connectivity index (χ4n) is 3.42. The van der Waals surface area contributed by atoms with Crippen molar-refractivity contribution in [3.8, 4) is 0 Å². The Morgan fingerprint density at radius 2 is 2.10 bits per heavy atom. The second kappa shape index (κ2) is 7.14. The third-order valence-electron chi connectivity index (χ3n) is 4.88. The molecule has 0 spiro atoms. The van der Waals surface area contributed by atoms with E-state index in [4.69, 9.17) is 4.42 Å². The molecule has 5 rings (SSSR count). The van der Waals surface area contributed by atoms with E-state index in [1.165, 1.54) is 29.0 Å². The molecule has 0 radical (unpaired) electrons. The zero-order valence-corrected chi connectivity index (χ0v) is 16.1. The first kappa shape index (κ1) is 17.6. The van der Waals surface area contributed by atoms with Crippen LogP contribution in [0, 0.1) is 0 Å². The van der Waals surface area contributed by atoms with Gasteiger partial charge in [0.2, 0.25) is 0 Å². The van der Waals surface area contributed by atoms with Gasteiger partial charge in [-0.3, -0.25) is 14.6 Å². The molecule has 0 unspecified atom stereocenters. The Labute approximate surface area is 170 Å². The van der Waals surface area contributed by atoms with Gasteiger partial charge in [0.1, 0.15) is 11.3 Å². The van der Waals surface area contributed by atoms with Gasteiger partial charge >= 0.3 is 0 Å². The van der Waals surface area contributed by atoms with Crippen molar-refractivity contribution in [1.29, 1.82) is 0 Å². The van der Waals surface area contributed by atoms with Gasteiger partial charge in [0.25, 0.3) is 11.8 Å².